The SMILES string of the molecule is CC(C)N(Cc1ccccc1)C(=O)CCCNC(=O)OC(C)(C)C. The van der Waals surface area contributed by atoms with Gasteiger partial charge in [-0.15, -0.1) is 0 Å². The van der Waals surface area contributed by atoms with Crippen LogP contribution in [0.3, 0.4) is 0 Å². The molecule has 0 spiro atoms. The summed E-state index contributed by atoms with van der Waals surface area (Å²) in [6.07, 6.45) is 0.552. The molecule has 0 heterocycles. The first-order valence-electron chi connectivity index (χ1n) is 8.49. The second kappa shape index (κ2) is 9.30. The number of benzene rings is 1. The Morgan fingerprint density at radius 3 is 2.33 bits per heavy atom. The van der Waals surface area contributed by atoms with E-state index in [4.69, 9.17) is 4.74 Å². The molecule has 0 aliphatic rings. The van der Waals surface area contributed by atoms with Gasteiger partial charge in [0, 0.05) is 25.6 Å². The number of carbonyl (C=O) groups excluding carboxylic acids is 2. The number of hydrogen-bond donors (Lipinski definition) is 1. The van der Waals surface area contributed by atoms with Crippen LogP contribution in [0, 0.1) is 0 Å². The molecule has 0 aliphatic heterocycles. The van der Waals surface area contributed by atoms with Crippen molar-refractivity contribution in [1.29, 1.82) is 0 Å². The van der Waals surface area contributed by atoms with E-state index in [1.165, 1.54) is 0 Å². The van der Waals surface area contributed by atoms with E-state index in [0.29, 0.717) is 25.9 Å². The van der Waals surface area contributed by atoms with Gasteiger partial charge < -0.3 is 15.0 Å². The lowest BCUT2D eigenvalue weighted by molar-refractivity contribution is -0.133. The maximum absolute atomic E-state index is 12.4. The molecule has 134 valence electrons. The van der Waals surface area contributed by atoms with Crippen LogP contribution in [0.15, 0.2) is 30.3 Å². The Labute approximate surface area is 145 Å². The quantitative estimate of drug-likeness (QED) is 0.773. The molecule has 0 fully saturated rings. The summed E-state index contributed by atoms with van der Waals surface area (Å²) < 4.78 is 5.16. The van der Waals surface area contributed by atoms with Gasteiger partial charge in [0.15, 0.2) is 0 Å². The van der Waals surface area contributed by atoms with Crippen LogP contribution in [0.4, 0.5) is 4.79 Å². The first-order chi connectivity index (χ1) is 11.2. The molecule has 0 radical (unpaired) electrons. The third-order valence-corrected chi connectivity index (χ3v) is 3.38. The normalized spacial score (nSPS) is 11.2. The van der Waals surface area contributed by atoms with Crippen molar-refractivity contribution in [2.75, 3.05) is 6.54 Å². The van der Waals surface area contributed by atoms with Gasteiger partial charge in [-0.05, 0) is 46.6 Å². The van der Waals surface area contributed by atoms with E-state index in [0.717, 1.165) is 5.56 Å². The molecule has 1 aromatic rings. The second-order valence-electron chi connectivity index (χ2n) is 7.13. The number of nitrogens with zero attached hydrogens (tertiary/aromatic N) is 1. The molecule has 0 unspecified atom stereocenters. The van der Waals surface area contributed by atoms with E-state index < -0.39 is 11.7 Å². The lowest BCUT2D eigenvalue weighted by Gasteiger charge is -2.27. The van der Waals surface area contributed by atoms with Crippen molar-refractivity contribution in [2.24, 2.45) is 0 Å². The summed E-state index contributed by atoms with van der Waals surface area (Å²) in [5, 5.41) is 2.68. The van der Waals surface area contributed by atoms with Crippen molar-refractivity contribution in [2.45, 2.75) is 65.6 Å². The third kappa shape index (κ3) is 7.99. The Balaban J connectivity index is 2.39. The number of nitrogens with one attached hydrogen (secondary N) is 1. The Morgan fingerprint density at radius 1 is 1.17 bits per heavy atom. The van der Waals surface area contributed by atoms with E-state index in [9.17, 15) is 9.59 Å². The van der Waals surface area contributed by atoms with Crippen molar-refractivity contribution in [1.82, 2.24) is 10.2 Å². The van der Waals surface area contributed by atoms with E-state index in [1.54, 1.807) is 0 Å². The van der Waals surface area contributed by atoms with Crippen molar-refractivity contribution in [3.05, 3.63) is 35.9 Å². The van der Waals surface area contributed by atoms with Gasteiger partial charge in [0.05, 0.1) is 0 Å². The maximum Gasteiger partial charge on any atom is 0.407 e. The molecule has 1 rings (SSSR count). The molecule has 5 nitrogen and oxygen atoms in total. The summed E-state index contributed by atoms with van der Waals surface area (Å²) in [4.78, 5) is 25.9. The zero-order chi connectivity index (χ0) is 18.2. The number of ether oxygens (including phenoxy) is 1. The molecule has 0 aromatic heterocycles. The van der Waals surface area contributed by atoms with Crippen LogP contribution in [-0.2, 0) is 16.1 Å². The Hall–Kier alpha value is -2.04. The van der Waals surface area contributed by atoms with Crippen LogP contribution in [0.5, 0.6) is 0 Å². The standard InChI is InChI=1S/C19H30N2O3/c1-15(2)21(14-16-10-7-6-8-11-16)17(22)12-9-13-20-18(23)24-19(3,4)5/h6-8,10-11,15H,9,12-14H2,1-5H3,(H,20,23). The zero-order valence-electron chi connectivity index (χ0n) is 15.5. The summed E-state index contributed by atoms with van der Waals surface area (Å²) in [6, 6.07) is 10.1. The summed E-state index contributed by atoms with van der Waals surface area (Å²) in [5.41, 5.74) is 0.607. The van der Waals surface area contributed by atoms with Gasteiger partial charge in [0.1, 0.15) is 5.60 Å². The highest BCUT2D eigenvalue weighted by molar-refractivity contribution is 5.76. The van der Waals surface area contributed by atoms with Crippen LogP contribution in [0.2, 0.25) is 0 Å². The zero-order valence-corrected chi connectivity index (χ0v) is 15.5. The first-order valence-corrected chi connectivity index (χ1v) is 8.49. The van der Waals surface area contributed by atoms with E-state index >= 15 is 0 Å². The van der Waals surface area contributed by atoms with Crippen LogP contribution >= 0.6 is 0 Å². The van der Waals surface area contributed by atoms with Gasteiger partial charge >= 0.3 is 6.09 Å². The van der Waals surface area contributed by atoms with Gasteiger partial charge in [0.25, 0.3) is 0 Å². The number of hydrogen-bond acceptors (Lipinski definition) is 3. The minimum atomic E-state index is -0.510. The fourth-order valence-corrected chi connectivity index (χ4v) is 2.23. The number of amides is 2. The molecule has 0 saturated heterocycles. The summed E-state index contributed by atoms with van der Waals surface area (Å²) in [7, 11) is 0. The van der Waals surface area contributed by atoms with Gasteiger partial charge in [-0.2, -0.15) is 0 Å². The third-order valence-electron chi connectivity index (χ3n) is 3.38. The fourth-order valence-electron chi connectivity index (χ4n) is 2.23. The molecule has 1 N–H and O–H groups in total. The van der Waals surface area contributed by atoms with Gasteiger partial charge in [-0.3, -0.25) is 4.79 Å². The smallest absolute Gasteiger partial charge is 0.407 e. The minimum Gasteiger partial charge on any atom is -0.444 e. The highest BCUT2D eigenvalue weighted by atomic mass is 16.6. The van der Waals surface area contributed by atoms with E-state index in [1.807, 2.05) is 69.9 Å². The molecule has 0 aliphatic carbocycles. The molecule has 1 aromatic carbocycles. The van der Waals surface area contributed by atoms with Crippen LogP contribution in [0.25, 0.3) is 0 Å². The summed E-state index contributed by atoms with van der Waals surface area (Å²) in [6.45, 7) is 10.5. The predicted molar refractivity (Wildman–Crippen MR) is 95.6 cm³/mol. The van der Waals surface area contributed by atoms with Gasteiger partial charge in [0.2, 0.25) is 5.91 Å². The second-order valence-corrected chi connectivity index (χ2v) is 7.13. The minimum absolute atomic E-state index is 0.0971. The predicted octanol–water partition coefficient (Wildman–Crippen LogP) is 3.73. The Bertz CT molecular complexity index is 521. The molecule has 0 bridgehead atoms. The number of carbonyl (C=O) groups is 2. The van der Waals surface area contributed by atoms with Crippen molar-refractivity contribution in [3.8, 4) is 0 Å². The van der Waals surface area contributed by atoms with Crippen molar-refractivity contribution in [3.63, 3.8) is 0 Å². The molecular formula is C19H30N2O3. The average molecular weight is 334 g/mol. The number of alkyl carbamates (subject to hydrolysis) is 1. The lowest BCUT2D eigenvalue weighted by atomic mass is 10.1. The van der Waals surface area contributed by atoms with Crippen LogP contribution in [0.1, 0.15) is 53.0 Å². The number of rotatable bonds is 7. The fraction of sp³-hybridized carbons (Fsp3) is 0.579. The van der Waals surface area contributed by atoms with Gasteiger partial charge in [-0.1, -0.05) is 30.3 Å². The van der Waals surface area contributed by atoms with Crippen molar-refractivity contribution >= 4 is 12.0 Å². The largest absolute Gasteiger partial charge is 0.444 e. The van der Waals surface area contributed by atoms with E-state index in [-0.39, 0.29) is 11.9 Å². The van der Waals surface area contributed by atoms with Crippen molar-refractivity contribution < 1.29 is 14.3 Å². The molecule has 0 saturated carbocycles. The van der Waals surface area contributed by atoms with Gasteiger partial charge in [-0.25, -0.2) is 4.79 Å². The average Bonchev–Trinajstić information content (AvgIpc) is 2.48. The monoisotopic (exact) mass is 334 g/mol. The highest BCUT2D eigenvalue weighted by Gasteiger charge is 2.18. The van der Waals surface area contributed by atoms with Crippen LogP contribution in [-0.4, -0.2) is 35.1 Å². The molecule has 2 amide bonds. The topological polar surface area (TPSA) is 58.6 Å². The Kier molecular flexibility index (Phi) is 7.75. The van der Waals surface area contributed by atoms with Crippen LogP contribution < -0.4 is 5.32 Å². The molecule has 24 heavy (non-hydrogen) atoms. The van der Waals surface area contributed by atoms with E-state index in [2.05, 4.69) is 5.32 Å². The summed E-state index contributed by atoms with van der Waals surface area (Å²) in [5.74, 6) is 0.0971. The first kappa shape index (κ1) is 20.0. The molecule has 0 atom stereocenters. The molecular weight excluding hydrogens is 304 g/mol. The lowest BCUT2D eigenvalue weighted by Crippen LogP contribution is -2.37. The summed E-state index contributed by atoms with van der Waals surface area (Å²) >= 11 is 0. The highest BCUT2D eigenvalue weighted by Crippen LogP contribution is 2.11. The Morgan fingerprint density at radius 2 is 1.79 bits per heavy atom. The molecule has 5 heteroatoms. The maximum atomic E-state index is 12.4.